The van der Waals surface area contributed by atoms with Gasteiger partial charge in [0.05, 0.1) is 12.7 Å². The monoisotopic (exact) mass is 502 g/mol. The summed E-state index contributed by atoms with van der Waals surface area (Å²) in [7, 11) is -3.29. The normalized spacial score (nSPS) is 12.9. The summed E-state index contributed by atoms with van der Waals surface area (Å²) in [6, 6.07) is 7.33. The third kappa shape index (κ3) is 7.02. The predicted molar refractivity (Wildman–Crippen MR) is 121 cm³/mol. The zero-order valence-electron chi connectivity index (χ0n) is 19.6. The summed E-state index contributed by atoms with van der Waals surface area (Å²) in [5, 5.41) is 2.84. The highest BCUT2D eigenvalue weighted by Gasteiger charge is 2.32. The molecule has 0 unspecified atom stereocenters. The number of amides is 2. The van der Waals surface area contributed by atoms with Crippen LogP contribution >= 0.6 is 0 Å². The van der Waals surface area contributed by atoms with Crippen LogP contribution in [0.1, 0.15) is 45.2 Å². The number of carbonyl (C=O) groups excluding carboxylic acids is 1. The lowest BCUT2D eigenvalue weighted by Crippen LogP contribution is -2.46. The molecule has 11 heteroatoms. The van der Waals surface area contributed by atoms with Crippen molar-refractivity contribution in [2.75, 3.05) is 7.11 Å². The van der Waals surface area contributed by atoms with Gasteiger partial charge in [0.1, 0.15) is 4.90 Å². The zero-order chi connectivity index (χ0) is 25.7. The van der Waals surface area contributed by atoms with Crippen LogP contribution in [0, 0.1) is 0 Å². The van der Waals surface area contributed by atoms with Gasteiger partial charge in [-0.1, -0.05) is 19.1 Å². The molecule has 2 aromatic carbocycles. The Morgan fingerprint density at radius 3 is 2.32 bits per heavy atom. The van der Waals surface area contributed by atoms with Gasteiger partial charge in [-0.25, -0.2) is 4.79 Å². The van der Waals surface area contributed by atoms with Gasteiger partial charge in [0.25, 0.3) is 0 Å². The summed E-state index contributed by atoms with van der Waals surface area (Å²) in [6.07, 6.45) is -4.02. The second kappa shape index (κ2) is 11.0. The number of benzene rings is 2. The molecule has 1 atom stereocenters. The topological polar surface area (TPSA) is 84.9 Å². The number of ether oxygens (including phenoxy) is 1. The molecule has 1 N–H and O–H groups in total. The Kier molecular flexibility index (Phi) is 8.82. The summed E-state index contributed by atoms with van der Waals surface area (Å²) in [4.78, 5) is 13.6. The van der Waals surface area contributed by atoms with Crippen molar-refractivity contribution >= 4 is 16.1 Å². The lowest BCUT2D eigenvalue weighted by molar-refractivity contribution is -0.137. The van der Waals surface area contributed by atoms with Crippen molar-refractivity contribution in [3.8, 4) is 11.5 Å². The third-order valence-corrected chi connectivity index (χ3v) is 6.26. The van der Waals surface area contributed by atoms with Gasteiger partial charge in [0.15, 0.2) is 11.5 Å². The molecule has 34 heavy (non-hydrogen) atoms. The Morgan fingerprint density at radius 1 is 1.09 bits per heavy atom. The number of carbonyl (C=O) groups is 1. The van der Waals surface area contributed by atoms with Crippen molar-refractivity contribution < 1.29 is 35.3 Å². The Bertz CT molecular complexity index is 1100. The van der Waals surface area contributed by atoms with Gasteiger partial charge < -0.3 is 19.1 Å². The maximum absolute atomic E-state index is 13.0. The van der Waals surface area contributed by atoms with Gasteiger partial charge >= 0.3 is 22.3 Å². The number of halogens is 3. The molecular weight excluding hydrogens is 473 g/mol. The number of alkyl halides is 3. The minimum absolute atomic E-state index is 0.0704. The van der Waals surface area contributed by atoms with Crippen LogP contribution in [0.4, 0.5) is 18.0 Å². The molecule has 0 spiro atoms. The number of hydrogen-bond acceptors (Lipinski definition) is 5. The number of methoxy groups -OCH3 is 1. The van der Waals surface area contributed by atoms with Crippen molar-refractivity contribution in [2.45, 2.75) is 63.8 Å². The summed E-state index contributed by atoms with van der Waals surface area (Å²) in [5.74, 6) is -0.133. The van der Waals surface area contributed by atoms with E-state index < -0.39 is 26.8 Å². The van der Waals surface area contributed by atoms with Crippen LogP contribution in [0.3, 0.4) is 0 Å². The number of hydrogen-bond donors (Lipinski definition) is 1. The molecule has 2 amide bonds. The van der Waals surface area contributed by atoms with Crippen molar-refractivity contribution in [1.29, 1.82) is 0 Å². The Balaban J connectivity index is 2.39. The van der Waals surface area contributed by atoms with Crippen LogP contribution in [0.5, 0.6) is 11.5 Å². The fourth-order valence-corrected chi connectivity index (χ4v) is 4.03. The highest BCUT2D eigenvalue weighted by Crippen LogP contribution is 2.34. The van der Waals surface area contributed by atoms with Crippen LogP contribution in [0.2, 0.25) is 0 Å². The van der Waals surface area contributed by atoms with E-state index in [1.807, 2.05) is 27.7 Å². The van der Waals surface area contributed by atoms with E-state index in [1.54, 1.807) is 11.0 Å². The van der Waals surface area contributed by atoms with E-state index in [0.29, 0.717) is 18.1 Å². The van der Waals surface area contributed by atoms with Gasteiger partial charge in [-0.05, 0) is 63.1 Å². The van der Waals surface area contributed by atoms with E-state index >= 15 is 0 Å². The number of rotatable bonds is 9. The Hall–Kier alpha value is -2.95. The van der Waals surface area contributed by atoms with Gasteiger partial charge in [-0.3, -0.25) is 0 Å². The molecule has 7 nitrogen and oxygen atoms in total. The quantitative estimate of drug-likeness (QED) is 0.477. The van der Waals surface area contributed by atoms with Gasteiger partial charge in [0, 0.05) is 18.6 Å². The second-order valence-electron chi connectivity index (χ2n) is 8.04. The number of urea groups is 1. The average molecular weight is 503 g/mol. The van der Waals surface area contributed by atoms with Gasteiger partial charge in [-0.2, -0.15) is 21.6 Å². The summed E-state index contributed by atoms with van der Waals surface area (Å²) in [6.45, 7) is 7.65. The fraction of sp³-hybridized carbons (Fsp3) is 0.435. The van der Waals surface area contributed by atoms with Crippen LogP contribution in [-0.2, 0) is 22.8 Å². The smallest absolute Gasteiger partial charge is 0.416 e. The molecule has 188 valence electrons. The molecule has 0 aliphatic carbocycles. The first-order valence-corrected chi connectivity index (χ1v) is 12.0. The SMILES string of the molecule is CC[C@H](C)N(Cc1ccc(OC)c(OS(=O)(=O)c2cccc(C(F)(F)F)c2)c1)C(=O)NC(C)C. The summed E-state index contributed by atoms with van der Waals surface area (Å²) >= 11 is 0. The van der Waals surface area contributed by atoms with E-state index in [-0.39, 0.29) is 36.2 Å². The largest absolute Gasteiger partial charge is 0.493 e. The van der Waals surface area contributed by atoms with Crippen LogP contribution in [-0.4, -0.2) is 38.5 Å². The number of nitrogens with one attached hydrogen (secondary N) is 1. The van der Waals surface area contributed by atoms with E-state index in [2.05, 4.69) is 5.32 Å². The highest BCUT2D eigenvalue weighted by molar-refractivity contribution is 7.87. The molecule has 0 aliphatic heterocycles. The lowest BCUT2D eigenvalue weighted by atomic mass is 10.1. The van der Waals surface area contributed by atoms with Crippen molar-refractivity contribution in [1.82, 2.24) is 10.2 Å². The predicted octanol–water partition coefficient (Wildman–Crippen LogP) is 5.20. The minimum atomic E-state index is -4.71. The van der Waals surface area contributed by atoms with E-state index in [9.17, 15) is 26.4 Å². The second-order valence-corrected chi connectivity index (χ2v) is 9.58. The summed E-state index contributed by atoms with van der Waals surface area (Å²) in [5.41, 5.74) is -0.563. The van der Waals surface area contributed by atoms with Crippen LogP contribution in [0.15, 0.2) is 47.4 Å². The first-order chi connectivity index (χ1) is 15.8. The lowest BCUT2D eigenvalue weighted by Gasteiger charge is -2.30. The molecule has 0 bridgehead atoms. The molecule has 0 saturated heterocycles. The maximum atomic E-state index is 13.0. The van der Waals surface area contributed by atoms with E-state index in [1.165, 1.54) is 19.2 Å². The maximum Gasteiger partial charge on any atom is 0.416 e. The molecule has 2 rings (SSSR count). The Labute approximate surface area is 198 Å². The molecule has 0 fully saturated rings. The molecule has 2 aromatic rings. The first-order valence-electron chi connectivity index (χ1n) is 10.6. The van der Waals surface area contributed by atoms with Crippen LogP contribution < -0.4 is 14.2 Å². The highest BCUT2D eigenvalue weighted by atomic mass is 32.2. The molecule has 0 radical (unpaired) electrons. The molecule has 0 saturated carbocycles. The summed E-state index contributed by atoms with van der Waals surface area (Å²) < 4.78 is 74.9. The van der Waals surface area contributed by atoms with Crippen molar-refractivity contribution in [2.24, 2.45) is 0 Å². The molecule has 0 aliphatic rings. The van der Waals surface area contributed by atoms with Crippen molar-refractivity contribution in [3.05, 3.63) is 53.6 Å². The van der Waals surface area contributed by atoms with E-state index in [4.69, 9.17) is 8.92 Å². The van der Waals surface area contributed by atoms with Gasteiger partial charge in [-0.15, -0.1) is 0 Å². The molecular formula is C23H29F3N2O5S. The van der Waals surface area contributed by atoms with E-state index in [0.717, 1.165) is 18.2 Å². The zero-order valence-corrected chi connectivity index (χ0v) is 20.5. The minimum Gasteiger partial charge on any atom is -0.493 e. The van der Waals surface area contributed by atoms with Gasteiger partial charge in [0.2, 0.25) is 0 Å². The Morgan fingerprint density at radius 2 is 1.76 bits per heavy atom. The number of nitrogens with zero attached hydrogens (tertiary/aromatic N) is 1. The standard InChI is InChI=1S/C23H29F3N2O5S/c1-6-16(4)28(22(29)27-15(2)3)14-17-10-11-20(32-5)21(12-17)33-34(30,31)19-9-7-8-18(13-19)23(24,25)26/h7-13,15-16H,6,14H2,1-5H3,(H,27,29)/t16-/m0/s1. The fourth-order valence-electron chi connectivity index (χ4n) is 3.05. The van der Waals surface area contributed by atoms with Crippen molar-refractivity contribution in [3.63, 3.8) is 0 Å². The van der Waals surface area contributed by atoms with Crippen LogP contribution in [0.25, 0.3) is 0 Å². The first kappa shape index (κ1) is 27.3. The molecule has 0 aromatic heterocycles. The average Bonchev–Trinajstić information content (AvgIpc) is 2.76. The third-order valence-electron chi connectivity index (χ3n) is 5.03. The molecule has 0 heterocycles.